The van der Waals surface area contributed by atoms with Crippen LogP contribution in [0.3, 0.4) is 0 Å². The topological polar surface area (TPSA) is 69.4 Å². The summed E-state index contributed by atoms with van der Waals surface area (Å²) in [6.45, 7) is 3.01. The summed E-state index contributed by atoms with van der Waals surface area (Å²) >= 11 is 0. The van der Waals surface area contributed by atoms with E-state index in [2.05, 4.69) is 21.7 Å². The molecule has 7 heteroatoms. The number of nitriles is 1. The fraction of sp³-hybridized carbons (Fsp3) is 0.263. The van der Waals surface area contributed by atoms with Gasteiger partial charge in [0.05, 0.1) is 18.2 Å². The van der Waals surface area contributed by atoms with Crippen molar-refractivity contribution in [2.45, 2.75) is 19.6 Å². The molecule has 0 saturated carbocycles. The van der Waals surface area contributed by atoms with Crippen molar-refractivity contribution in [1.82, 2.24) is 10.6 Å². The van der Waals surface area contributed by atoms with Gasteiger partial charge in [0, 0.05) is 13.6 Å². The standard InChI is InChI=1S/C19H21FN4O.HI/c1-14(25-18-8-6-17(20)7-9-18)12-23-19(22-2)24-13-16-5-3-4-15(10-16)11-21;/h3-10,14H,12-13H2,1-2H3,(H2,22,23,24);1H. The van der Waals surface area contributed by atoms with Crippen LogP contribution in [-0.2, 0) is 6.54 Å². The van der Waals surface area contributed by atoms with Crippen LogP contribution in [-0.4, -0.2) is 25.7 Å². The number of nitrogens with zero attached hydrogens (tertiary/aromatic N) is 2. The number of benzene rings is 2. The lowest BCUT2D eigenvalue weighted by atomic mass is 10.1. The maximum Gasteiger partial charge on any atom is 0.191 e. The Morgan fingerprint density at radius 1 is 1.23 bits per heavy atom. The summed E-state index contributed by atoms with van der Waals surface area (Å²) in [6.07, 6.45) is -0.120. The minimum Gasteiger partial charge on any atom is -0.489 e. The van der Waals surface area contributed by atoms with E-state index >= 15 is 0 Å². The molecule has 0 aliphatic carbocycles. The Kier molecular flexibility index (Phi) is 9.44. The zero-order chi connectivity index (χ0) is 18.1. The minimum atomic E-state index is -0.289. The zero-order valence-corrected chi connectivity index (χ0v) is 17.0. The van der Waals surface area contributed by atoms with Crippen molar-refractivity contribution in [3.8, 4) is 11.8 Å². The van der Waals surface area contributed by atoms with Crippen molar-refractivity contribution in [2.24, 2.45) is 4.99 Å². The highest BCUT2D eigenvalue weighted by Gasteiger charge is 2.06. The maximum absolute atomic E-state index is 12.9. The van der Waals surface area contributed by atoms with Gasteiger partial charge in [-0.3, -0.25) is 4.99 Å². The van der Waals surface area contributed by atoms with E-state index in [-0.39, 0.29) is 35.9 Å². The Hall–Kier alpha value is -2.34. The number of ether oxygens (including phenoxy) is 1. The van der Waals surface area contributed by atoms with E-state index in [0.29, 0.717) is 30.4 Å². The average molecular weight is 468 g/mol. The van der Waals surface area contributed by atoms with E-state index in [9.17, 15) is 4.39 Å². The molecule has 0 spiro atoms. The first-order chi connectivity index (χ1) is 12.1. The number of rotatable bonds is 6. The third-order valence-electron chi connectivity index (χ3n) is 3.45. The monoisotopic (exact) mass is 468 g/mol. The van der Waals surface area contributed by atoms with Crippen LogP contribution in [0.2, 0.25) is 0 Å². The molecule has 0 saturated heterocycles. The van der Waals surface area contributed by atoms with Gasteiger partial charge >= 0.3 is 0 Å². The molecule has 2 aromatic rings. The van der Waals surface area contributed by atoms with Gasteiger partial charge in [-0.15, -0.1) is 24.0 Å². The van der Waals surface area contributed by atoms with E-state index in [4.69, 9.17) is 10.00 Å². The lowest BCUT2D eigenvalue weighted by Gasteiger charge is -2.18. The summed E-state index contributed by atoms with van der Waals surface area (Å²) in [5.74, 6) is 0.965. The fourth-order valence-corrected chi connectivity index (χ4v) is 2.18. The zero-order valence-electron chi connectivity index (χ0n) is 14.7. The van der Waals surface area contributed by atoms with Crippen molar-refractivity contribution in [2.75, 3.05) is 13.6 Å². The maximum atomic E-state index is 12.9. The Balaban J connectivity index is 0.00000338. The fourth-order valence-electron chi connectivity index (χ4n) is 2.18. The largest absolute Gasteiger partial charge is 0.489 e. The SMILES string of the molecule is CN=C(NCc1cccc(C#N)c1)NCC(C)Oc1ccc(F)cc1.I. The predicted molar refractivity (Wildman–Crippen MR) is 111 cm³/mol. The Bertz CT molecular complexity index is 759. The van der Waals surface area contributed by atoms with Crippen molar-refractivity contribution < 1.29 is 9.13 Å². The molecular formula is C19H22FIN4O. The van der Waals surface area contributed by atoms with Crippen LogP contribution in [0.1, 0.15) is 18.1 Å². The lowest BCUT2D eigenvalue weighted by Crippen LogP contribution is -2.41. The molecule has 0 amide bonds. The highest BCUT2D eigenvalue weighted by molar-refractivity contribution is 14.0. The Morgan fingerprint density at radius 2 is 1.96 bits per heavy atom. The van der Waals surface area contributed by atoms with Crippen LogP contribution in [0.5, 0.6) is 5.75 Å². The quantitative estimate of drug-likeness (QED) is 0.387. The van der Waals surface area contributed by atoms with Crippen LogP contribution in [0.15, 0.2) is 53.5 Å². The molecule has 26 heavy (non-hydrogen) atoms. The minimum absolute atomic E-state index is 0. The number of nitrogens with one attached hydrogen (secondary N) is 2. The van der Waals surface area contributed by atoms with Crippen LogP contribution < -0.4 is 15.4 Å². The van der Waals surface area contributed by atoms with Crippen molar-refractivity contribution in [3.63, 3.8) is 0 Å². The second-order valence-corrected chi connectivity index (χ2v) is 5.50. The molecule has 1 atom stereocenters. The summed E-state index contributed by atoms with van der Waals surface area (Å²) in [5.41, 5.74) is 1.63. The predicted octanol–water partition coefficient (Wildman–Crippen LogP) is 3.45. The van der Waals surface area contributed by atoms with E-state index in [1.807, 2.05) is 25.1 Å². The van der Waals surface area contributed by atoms with Gasteiger partial charge in [-0.1, -0.05) is 12.1 Å². The van der Waals surface area contributed by atoms with Gasteiger partial charge in [-0.05, 0) is 48.9 Å². The van der Waals surface area contributed by atoms with Gasteiger partial charge in [-0.25, -0.2) is 4.39 Å². The summed E-state index contributed by atoms with van der Waals surface area (Å²) in [6, 6.07) is 15.5. The molecule has 0 heterocycles. The second-order valence-electron chi connectivity index (χ2n) is 5.50. The molecule has 2 aromatic carbocycles. The van der Waals surface area contributed by atoms with E-state index in [0.717, 1.165) is 5.56 Å². The smallest absolute Gasteiger partial charge is 0.191 e. The first kappa shape index (κ1) is 21.7. The van der Waals surface area contributed by atoms with Gasteiger partial charge in [-0.2, -0.15) is 5.26 Å². The van der Waals surface area contributed by atoms with E-state index in [1.54, 1.807) is 25.2 Å². The van der Waals surface area contributed by atoms with Gasteiger partial charge in [0.2, 0.25) is 0 Å². The summed E-state index contributed by atoms with van der Waals surface area (Å²) < 4.78 is 18.6. The lowest BCUT2D eigenvalue weighted by molar-refractivity contribution is 0.223. The molecular weight excluding hydrogens is 446 g/mol. The van der Waals surface area contributed by atoms with Gasteiger partial charge in [0.25, 0.3) is 0 Å². The van der Waals surface area contributed by atoms with Gasteiger partial charge in [0.15, 0.2) is 5.96 Å². The molecule has 138 valence electrons. The molecule has 0 radical (unpaired) electrons. The summed E-state index contributed by atoms with van der Waals surface area (Å²) in [4.78, 5) is 4.16. The molecule has 2 N–H and O–H groups in total. The number of hydrogen-bond donors (Lipinski definition) is 2. The molecule has 0 bridgehead atoms. The summed E-state index contributed by atoms with van der Waals surface area (Å²) in [7, 11) is 1.69. The molecule has 0 aliphatic heterocycles. The molecule has 0 aliphatic rings. The van der Waals surface area contributed by atoms with Crippen LogP contribution >= 0.6 is 24.0 Å². The van der Waals surface area contributed by atoms with Crippen molar-refractivity contribution in [3.05, 3.63) is 65.5 Å². The molecule has 0 aromatic heterocycles. The second kappa shape index (κ2) is 11.3. The molecule has 2 rings (SSSR count). The molecule has 0 fully saturated rings. The van der Waals surface area contributed by atoms with Crippen molar-refractivity contribution in [1.29, 1.82) is 5.26 Å². The highest BCUT2D eigenvalue weighted by atomic mass is 127. The first-order valence-electron chi connectivity index (χ1n) is 7.96. The van der Waals surface area contributed by atoms with Crippen LogP contribution in [0, 0.1) is 17.1 Å². The van der Waals surface area contributed by atoms with Gasteiger partial charge in [0.1, 0.15) is 17.7 Å². The third-order valence-corrected chi connectivity index (χ3v) is 3.45. The number of guanidine groups is 1. The van der Waals surface area contributed by atoms with Gasteiger partial charge < -0.3 is 15.4 Å². The average Bonchev–Trinajstić information content (AvgIpc) is 2.64. The number of aliphatic imine (C=N–C) groups is 1. The molecule has 1 unspecified atom stereocenters. The van der Waals surface area contributed by atoms with Crippen LogP contribution in [0.25, 0.3) is 0 Å². The summed E-state index contributed by atoms with van der Waals surface area (Å²) in [5, 5.41) is 15.3. The highest BCUT2D eigenvalue weighted by Crippen LogP contribution is 2.12. The number of halogens is 2. The van der Waals surface area contributed by atoms with Crippen molar-refractivity contribution >= 4 is 29.9 Å². The van der Waals surface area contributed by atoms with E-state index in [1.165, 1.54) is 12.1 Å². The first-order valence-corrected chi connectivity index (χ1v) is 7.96. The third kappa shape index (κ3) is 7.27. The van der Waals surface area contributed by atoms with Crippen LogP contribution in [0.4, 0.5) is 4.39 Å². The Labute approximate surface area is 170 Å². The number of hydrogen-bond acceptors (Lipinski definition) is 3. The normalized spacial score (nSPS) is 11.7. The molecule has 5 nitrogen and oxygen atoms in total. The van der Waals surface area contributed by atoms with E-state index < -0.39 is 0 Å². The Morgan fingerprint density at radius 3 is 2.62 bits per heavy atom.